The number of ether oxygens (including phenoxy) is 1. The standard InChI is InChI=1S/C16H15N3O2/c1-21-16(20)19-15-7-5-14(6-8-15)18-11-13-4-2-3-12(9-13)10-17/h2-9,18H,11H2,1H3,(H,19,20). The molecule has 5 nitrogen and oxygen atoms in total. The van der Waals surface area contributed by atoms with Gasteiger partial charge in [0.2, 0.25) is 0 Å². The molecule has 2 N–H and O–H groups in total. The fourth-order valence-corrected chi connectivity index (χ4v) is 1.80. The van der Waals surface area contributed by atoms with E-state index in [-0.39, 0.29) is 0 Å². The molecule has 2 rings (SSSR count). The lowest BCUT2D eigenvalue weighted by molar-refractivity contribution is 0.187. The lowest BCUT2D eigenvalue weighted by Crippen LogP contribution is -2.10. The molecule has 0 aliphatic heterocycles. The van der Waals surface area contributed by atoms with Gasteiger partial charge in [0.1, 0.15) is 0 Å². The predicted molar refractivity (Wildman–Crippen MR) is 81.0 cm³/mol. The van der Waals surface area contributed by atoms with E-state index in [2.05, 4.69) is 21.4 Å². The van der Waals surface area contributed by atoms with E-state index in [0.717, 1.165) is 11.3 Å². The van der Waals surface area contributed by atoms with Gasteiger partial charge in [0.25, 0.3) is 0 Å². The van der Waals surface area contributed by atoms with E-state index < -0.39 is 6.09 Å². The summed E-state index contributed by atoms with van der Waals surface area (Å²) in [5, 5.41) is 14.7. The average Bonchev–Trinajstić information content (AvgIpc) is 2.54. The summed E-state index contributed by atoms with van der Waals surface area (Å²) in [7, 11) is 1.32. The molecule has 0 saturated heterocycles. The zero-order valence-corrected chi connectivity index (χ0v) is 11.6. The monoisotopic (exact) mass is 281 g/mol. The van der Waals surface area contributed by atoms with Crippen molar-refractivity contribution < 1.29 is 9.53 Å². The number of nitriles is 1. The van der Waals surface area contributed by atoms with E-state index in [9.17, 15) is 4.79 Å². The third-order valence-electron chi connectivity index (χ3n) is 2.87. The van der Waals surface area contributed by atoms with Crippen LogP contribution in [-0.4, -0.2) is 13.2 Å². The number of nitrogens with one attached hydrogen (secondary N) is 2. The first kappa shape index (κ1) is 14.4. The van der Waals surface area contributed by atoms with Crippen LogP contribution in [0.25, 0.3) is 0 Å². The van der Waals surface area contributed by atoms with E-state index in [1.54, 1.807) is 18.2 Å². The minimum absolute atomic E-state index is 0.496. The zero-order chi connectivity index (χ0) is 15.1. The van der Waals surface area contributed by atoms with Crippen LogP contribution in [0.4, 0.5) is 16.2 Å². The Balaban J connectivity index is 1.94. The van der Waals surface area contributed by atoms with Crippen molar-refractivity contribution in [3.63, 3.8) is 0 Å². The van der Waals surface area contributed by atoms with Gasteiger partial charge >= 0.3 is 6.09 Å². The van der Waals surface area contributed by atoms with Gasteiger partial charge in [0.15, 0.2) is 0 Å². The molecule has 5 heteroatoms. The Hall–Kier alpha value is -3.00. The normalized spacial score (nSPS) is 9.52. The topological polar surface area (TPSA) is 74.2 Å². The summed E-state index contributed by atoms with van der Waals surface area (Å²) < 4.78 is 4.52. The third kappa shape index (κ3) is 4.25. The quantitative estimate of drug-likeness (QED) is 0.901. The van der Waals surface area contributed by atoms with Crippen LogP contribution in [0.15, 0.2) is 48.5 Å². The zero-order valence-electron chi connectivity index (χ0n) is 11.6. The molecule has 0 radical (unpaired) electrons. The summed E-state index contributed by atoms with van der Waals surface area (Å²) in [6.07, 6.45) is -0.496. The number of methoxy groups -OCH3 is 1. The van der Waals surface area contributed by atoms with Crippen LogP contribution in [0.2, 0.25) is 0 Å². The highest BCUT2D eigenvalue weighted by Gasteiger charge is 2.00. The summed E-state index contributed by atoms with van der Waals surface area (Å²) in [5.74, 6) is 0. The fraction of sp³-hybridized carbons (Fsp3) is 0.125. The van der Waals surface area contributed by atoms with Crippen molar-refractivity contribution in [1.29, 1.82) is 5.26 Å². The lowest BCUT2D eigenvalue weighted by Gasteiger charge is -2.08. The van der Waals surface area contributed by atoms with Crippen LogP contribution in [-0.2, 0) is 11.3 Å². The molecule has 0 spiro atoms. The van der Waals surface area contributed by atoms with Gasteiger partial charge in [-0.25, -0.2) is 4.79 Å². The number of nitrogens with zero attached hydrogens (tertiary/aromatic N) is 1. The number of rotatable bonds is 4. The van der Waals surface area contributed by atoms with E-state index in [1.807, 2.05) is 30.3 Å². The highest BCUT2D eigenvalue weighted by molar-refractivity contribution is 5.84. The number of hydrogen-bond acceptors (Lipinski definition) is 4. The Labute approximate surface area is 123 Å². The minimum atomic E-state index is -0.496. The van der Waals surface area contributed by atoms with Crippen molar-refractivity contribution in [1.82, 2.24) is 0 Å². The molecular formula is C16H15N3O2. The third-order valence-corrected chi connectivity index (χ3v) is 2.87. The first-order chi connectivity index (χ1) is 10.2. The van der Waals surface area contributed by atoms with E-state index in [4.69, 9.17) is 5.26 Å². The Bertz CT molecular complexity index is 660. The maximum atomic E-state index is 11.1. The predicted octanol–water partition coefficient (Wildman–Crippen LogP) is 3.35. The summed E-state index contributed by atoms with van der Waals surface area (Å²) in [6.45, 7) is 0.624. The van der Waals surface area contributed by atoms with E-state index in [0.29, 0.717) is 17.8 Å². The van der Waals surface area contributed by atoms with Crippen LogP contribution in [0.3, 0.4) is 0 Å². The van der Waals surface area contributed by atoms with Crippen LogP contribution in [0, 0.1) is 11.3 Å². The number of hydrogen-bond donors (Lipinski definition) is 2. The summed E-state index contributed by atoms with van der Waals surface area (Å²) in [5.41, 5.74) is 3.27. The second-order valence-electron chi connectivity index (χ2n) is 4.36. The highest BCUT2D eigenvalue weighted by Crippen LogP contribution is 2.15. The number of amides is 1. The van der Waals surface area contributed by atoms with Gasteiger partial charge in [-0.3, -0.25) is 5.32 Å². The molecule has 0 atom stereocenters. The minimum Gasteiger partial charge on any atom is -0.453 e. The van der Waals surface area contributed by atoms with Crippen LogP contribution >= 0.6 is 0 Å². The first-order valence-electron chi connectivity index (χ1n) is 6.39. The van der Waals surface area contributed by atoms with Crippen LogP contribution in [0.5, 0.6) is 0 Å². The molecule has 0 bridgehead atoms. The molecule has 0 aliphatic rings. The number of anilines is 2. The van der Waals surface area contributed by atoms with Crippen molar-refractivity contribution in [2.24, 2.45) is 0 Å². The molecule has 0 aromatic heterocycles. The van der Waals surface area contributed by atoms with Crippen LogP contribution < -0.4 is 10.6 Å². The van der Waals surface area contributed by atoms with Crippen LogP contribution in [0.1, 0.15) is 11.1 Å². The number of carbonyl (C=O) groups excluding carboxylic acids is 1. The van der Waals surface area contributed by atoms with Gasteiger partial charge in [-0.1, -0.05) is 12.1 Å². The average molecular weight is 281 g/mol. The smallest absolute Gasteiger partial charge is 0.411 e. The first-order valence-corrected chi connectivity index (χ1v) is 6.39. The Morgan fingerprint density at radius 1 is 1.19 bits per heavy atom. The Kier molecular flexibility index (Phi) is 4.78. The van der Waals surface area contributed by atoms with Gasteiger partial charge in [0.05, 0.1) is 18.7 Å². The number of carbonyl (C=O) groups is 1. The molecule has 0 saturated carbocycles. The highest BCUT2D eigenvalue weighted by atomic mass is 16.5. The van der Waals surface area contributed by atoms with Crippen molar-refractivity contribution in [2.45, 2.75) is 6.54 Å². The summed E-state index contributed by atoms with van der Waals surface area (Å²) >= 11 is 0. The van der Waals surface area contributed by atoms with Gasteiger partial charge < -0.3 is 10.1 Å². The molecule has 0 heterocycles. The molecule has 0 unspecified atom stereocenters. The second kappa shape index (κ2) is 6.96. The van der Waals surface area contributed by atoms with E-state index in [1.165, 1.54) is 7.11 Å². The van der Waals surface area contributed by atoms with Crippen molar-refractivity contribution in [3.05, 3.63) is 59.7 Å². The summed E-state index contributed by atoms with van der Waals surface area (Å²) in [4.78, 5) is 11.1. The molecule has 0 aliphatic carbocycles. The molecule has 0 fully saturated rings. The maximum absolute atomic E-state index is 11.1. The maximum Gasteiger partial charge on any atom is 0.411 e. The van der Waals surface area contributed by atoms with Crippen molar-refractivity contribution in [3.8, 4) is 6.07 Å². The largest absolute Gasteiger partial charge is 0.453 e. The molecular weight excluding hydrogens is 266 g/mol. The molecule has 106 valence electrons. The molecule has 21 heavy (non-hydrogen) atoms. The van der Waals surface area contributed by atoms with Gasteiger partial charge in [-0.2, -0.15) is 5.26 Å². The second-order valence-corrected chi connectivity index (χ2v) is 4.36. The Morgan fingerprint density at radius 3 is 2.57 bits per heavy atom. The van der Waals surface area contributed by atoms with Gasteiger partial charge in [0, 0.05) is 17.9 Å². The number of benzene rings is 2. The van der Waals surface area contributed by atoms with Crippen molar-refractivity contribution in [2.75, 3.05) is 17.7 Å². The van der Waals surface area contributed by atoms with Crippen molar-refractivity contribution >= 4 is 17.5 Å². The Morgan fingerprint density at radius 2 is 1.90 bits per heavy atom. The lowest BCUT2D eigenvalue weighted by atomic mass is 10.1. The fourth-order valence-electron chi connectivity index (χ4n) is 1.80. The SMILES string of the molecule is COC(=O)Nc1ccc(NCc2cccc(C#N)c2)cc1. The summed E-state index contributed by atoms with van der Waals surface area (Å²) in [6, 6.07) is 16.8. The molecule has 1 amide bonds. The molecule has 2 aromatic rings. The van der Waals surface area contributed by atoms with Gasteiger partial charge in [-0.05, 0) is 42.0 Å². The molecule has 2 aromatic carbocycles. The van der Waals surface area contributed by atoms with Gasteiger partial charge in [-0.15, -0.1) is 0 Å². The van der Waals surface area contributed by atoms with E-state index >= 15 is 0 Å².